The van der Waals surface area contributed by atoms with Gasteiger partial charge in [-0.25, -0.2) is 9.37 Å². The lowest BCUT2D eigenvalue weighted by Crippen LogP contribution is -2.27. The number of anilines is 1. The van der Waals surface area contributed by atoms with Crippen LogP contribution in [0.15, 0.2) is 53.6 Å². The van der Waals surface area contributed by atoms with Crippen LogP contribution in [0.4, 0.5) is 10.1 Å². The number of rotatable bonds is 6. The van der Waals surface area contributed by atoms with E-state index >= 15 is 0 Å². The van der Waals surface area contributed by atoms with Crippen molar-refractivity contribution in [3.8, 4) is 22.8 Å². The van der Waals surface area contributed by atoms with Crippen molar-refractivity contribution in [3.63, 3.8) is 0 Å². The zero-order valence-electron chi connectivity index (χ0n) is 16.6. The number of carbonyl (C=O) groups is 1. The molecule has 0 bridgehead atoms. The molecule has 2 heterocycles. The summed E-state index contributed by atoms with van der Waals surface area (Å²) in [4.78, 5) is 29.7. The number of ether oxygens (including phenoxy) is 2. The lowest BCUT2D eigenvalue weighted by atomic mass is 10.1. The van der Waals surface area contributed by atoms with E-state index in [9.17, 15) is 14.0 Å². The normalized spacial score (nSPS) is 10.8. The number of fused-ring (bicyclic) bond motifs is 1. The monoisotopic (exact) mass is 440 g/mol. The van der Waals surface area contributed by atoms with Crippen LogP contribution in [0, 0.1) is 5.82 Å². The average molecular weight is 440 g/mol. The van der Waals surface area contributed by atoms with Gasteiger partial charge in [-0.05, 0) is 47.9 Å². The maximum Gasteiger partial charge on any atom is 0.273 e. The molecule has 1 amide bonds. The third-order valence-corrected chi connectivity index (χ3v) is 5.39. The van der Waals surface area contributed by atoms with Crippen LogP contribution in [0.25, 0.3) is 21.5 Å². The van der Waals surface area contributed by atoms with Crippen molar-refractivity contribution in [1.82, 2.24) is 13.9 Å². The lowest BCUT2D eigenvalue weighted by molar-refractivity contribution is -0.116. The zero-order valence-corrected chi connectivity index (χ0v) is 17.4. The number of benzene rings is 2. The Kier molecular flexibility index (Phi) is 5.63. The van der Waals surface area contributed by atoms with Crippen LogP contribution in [-0.2, 0) is 11.3 Å². The standard InChI is InChI=1S/C21H17FN4O4S/c1-29-14-7-8-16(30-2)15(9-14)24-17(27)10-26-11-23-19-18(25-31-20(19)21(26)28)12-3-5-13(22)6-4-12/h3-9,11H,10H2,1-2H3,(H,24,27). The molecule has 0 aliphatic rings. The smallest absolute Gasteiger partial charge is 0.273 e. The molecule has 4 aromatic rings. The van der Waals surface area contributed by atoms with Gasteiger partial charge in [0.15, 0.2) is 0 Å². The quantitative estimate of drug-likeness (QED) is 0.494. The van der Waals surface area contributed by atoms with E-state index in [1.807, 2.05) is 0 Å². The minimum Gasteiger partial charge on any atom is -0.497 e. The van der Waals surface area contributed by atoms with Crippen molar-refractivity contribution >= 4 is 33.3 Å². The van der Waals surface area contributed by atoms with E-state index in [0.29, 0.717) is 38.7 Å². The van der Waals surface area contributed by atoms with E-state index in [4.69, 9.17) is 9.47 Å². The first-order valence-corrected chi connectivity index (χ1v) is 9.90. The zero-order chi connectivity index (χ0) is 22.0. The largest absolute Gasteiger partial charge is 0.497 e. The van der Waals surface area contributed by atoms with Gasteiger partial charge in [0.2, 0.25) is 5.91 Å². The molecule has 0 spiro atoms. The van der Waals surface area contributed by atoms with E-state index in [1.165, 1.54) is 37.2 Å². The van der Waals surface area contributed by atoms with E-state index < -0.39 is 5.91 Å². The molecule has 0 aliphatic carbocycles. The molecule has 158 valence electrons. The van der Waals surface area contributed by atoms with Crippen molar-refractivity contribution in [2.75, 3.05) is 19.5 Å². The number of amides is 1. The fourth-order valence-corrected chi connectivity index (χ4v) is 3.83. The Morgan fingerprint density at radius 2 is 1.94 bits per heavy atom. The molecule has 0 unspecified atom stereocenters. The predicted molar refractivity (Wildman–Crippen MR) is 115 cm³/mol. The first-order chi connectivity index (χ1) is 15.0. The van der Waals surface area contributed by atoms with Gasteiger partial charge in [-0.2, -0.15) is 4.37 Å². The van der Waals surface area contributed by atoms with Crippen molar-refractivity contribution in [2.24, 2.45) is 0 Å². The third kappa shape index (κ3) is 4.10. The molecule has 2 aromatic heterocycles. The summed E-state index contributed by atoms with van der Waals surface area (Å²) in [6.45, 7) is -0.244. The first-order valence-electron chi connectivity index (χ1n) is 9.13. The first kappa shape index (κ1) is 20.5. The molecule has 0 aliphatic heterocycles. The molecule has 0 saturated heterocycles. The number of hydrogen-bond donors (Lipinski definition) is 1. The van der Waals surface area contributed by atoms with Gasteiger partial charge in [0.25, 0.3) is 5.56 Å². The second-order valence-electron chi connectivity index (χ2n) is 6.51. The molecule has 0 radical (unpaired) electrons. The van der Waals surface area contributed by atoms with Crippen molar-refractivity contribution < 1.29 is 18.7 Å². The molecular formula is C21H17FN4O4S. The van der Waals surface area contributed by atoms with Gasteiger partial charge in [-0.1, -0.05) is 0 Å². The number of carbonyl (C=O) groups excluding carboxylic acids is 1. The van der Waals surface area contributed by atoms with Crippen molar-refractivity contribution in [1.29, 1.82) is 0 Å². The second kappa shape index (κ2) is 8.52. The Balaban J connectivity index is 1.60. The highest BCUT2D eigenvalue weighted by molar-refractivity contribution is 7.13. The van der Waals surface area contributed by atoms with Gasteiger partial charge >= 0.3 is 0 Å². The predicted octanol–water partition coefficient (Wildman–Crippen LogP) is 3.32. The number of methoxy groups -OCH3 is 2. The maximum absolute atomic E-state index is 13.2. The minimum absolute atomic E-state index is 0.244. The lowest BCUT2D eigenvalue weighted by Gasteiger charge is -2.12. The fraction of sp³-hybridized carbons (Fsp3) is 0.143. The average Bonchev–Trinajstić information content (AvgIpc) is 3.21. The van der Waals surface area contributed by atoms with Crippen molar-refractivity contribution in [2.45, 2.75) is 6.54 Å². The van der Waals surface area contributed by atoms with Crippen LogP contribution in [0.2, 0.25) is 0 Å². The van der Waals surface area contributed by atoms with Crippen LogP contribution in [-0.4, -0.2) is 34.1 Å². The summed E-state index contributed by atoms with van der Waals surface area (Å²) in [5.74, 6) is 0.214. The highest BCUT2D eigenvalue weighted by Gasteiger charge is 2.16. The minimum atomic E-state index is -0.432. The van der Waals surface area contributed by atoms with Crippen LogP contribution in [0.5, 0.6) is 11.5 Å². The van der Waals surface area contributed by atoms with Gasteiger partial charge in [-0.3, -0.25) is 14.2 Å². The molecular weight excluding hydrogens is 423 g/mol. The van der Waals surface area contributed by atoms with Gasteiger partial charge in [0, 0.05) is 11.6 Å². The summed E-state index contributed by atoms with van der Waals surface area (Å²) in [7, 11) is 3.01. The van der Waals surface area contributed by atoms with Crippen LogP contribution < -0.4 is 20.3 Å². The molecule has 10 heteroatoms. The van der Waals surface area contributed by atoms with Crippen LogP contribution in [0.3, 0.4) is 0 Å². The number of nitrogens with zero attached hydrogens (tertiary/aromatic N) is 3. The van der Waals surface area contributed by atoms with Gasteiger partial charge in [-0.15, -0.1) is 0 Å². The van der Waals surface area contributed by atoms with Crippen molar-refractivity contribution in [3.05, 3.63) is 65.0 Å². The highest BCUT2D eigenvalue weighted by atomic mass is 32.1. The van der Waals surface area contributed by atoms with Gasteiger partial charge in [0.1, 0.15) is 39.8 Å². The molecule has 0 atom stereocenters. The number of nitrogens with one attached hydrogen (secondary N) is 1. The number of halogens is 1. The Morgan fingerprint density at radius 3 is 2.65 bits per heavy atom. The Morgan fingerprint density at radius 1 is 1.16 bits per heavy atom. The Hall–Kier alpha value is -3.79. The Bertz CT molecular complexity index is 1320. The summed E-state index contributed by atoms with van der Waals surface area (Å²) in [5.41, 5.74) is 1.59. The summed E-state index contributed by atoms with van der Waals surface area (Å²) in [5, 5.41) is 2.72. The van der Waals surface area contributed by atoms with E-state index in [-0.39, 0.29) is 17.9 Å². The second-order valence-corrected chi connectivity index (χ2v) is 7.28. The van der Waals surface area contributed by atoms with Crippen LogP contribution in [0.1, 0.15) is 0 Å². The van der Waals surface area contributed by atoms with Gasteiger partial charge in [0.05, 0.1) is 26.2 Å². The summed E-state index contributed by atoms with van der Waals surface area (Å²) in [6, 6.07) is 10.8. The Labute approximate surface area is 180 Å². The third-order valence-electron chi connectivity index (χ3n) is 4.56. The number of aromatic nitrogens is 3. The van der Waals surface area contributed by atoms with E-state index in [2.05, 4.69) is 14.7 Å². The summed E-state index contributed by atoms with van der Waals surface area (Å²) in [6.07, 6.45) is 1.30. The molecule has 0 saturated carbocycles. The molecule has 8 nitrogen and oxygen atoms in total. The topological polar surface area (TPSA) is 95.3 Å². The van der Waals surface area contributed by atoms with E-state index in [1.54, 1.807) is 30.3 Å². The number of hydrogen-bond acceptors (Lipinski definition) is 7. The molecule has 4 rings (SSSR count). The molecule has 31 heavy (non-hydrogen) atoms. The SMILES string of the molecule is COc1ccc(OC)c(NC(=O)Cn2cnc3c(-c4ccc(F)cc4)nsc3c2=O)c1. The van der Waals surface area contributed by atoms with E-state index in [0.717, 1.165) is 11.5 Å². The summed E-state index contributed by atoms with van der Waals surface area (Å²) < 4.78 is 29.4. The van der Waals surface area contributed by atoms with Gasteiger partial charge < -0.3 is 14.8 Å². The maximum atomic E-state index is 13.2. The van der Waals surface area contributed by atoms with Crippen LogP contribution >= 0.6 is 11.5 Å². The molecule has 2 aromatic carbocycles. The molecule has 1 N–H and O–H groups in total. The fourth-order valence-electron chi connectivity index (χ4n) is 3.02. The highest BCUT2D eigenvalue weighted by Crippen LogP contribution is 2.29. The molecule has 0 fully saturated rings. The summed E-state index contributed by atoms with van der Waals surface area (Å²) >= 11 is 0.988.